The number of aromatic nitrogens is 1. The fourth-order valence-electron chi connectivity index (χ4n) is 2.11. The number of carbonyl (C=O) groups excluding carboxylic acids is 3. The molecule has 2 aromatic rings. The van der Waals surface area contributed by atoms with E-state index in [1.165, 1.54) is 18.3 Å². The largest absolute Gasteiger partial charge is 0.465 e. The van der Waals surface area contributed by atoms with Crippen molar-refractivity contribution in [2.24, 2.45) is 4.99 Å². The zero-order valence-corrected chi connectivity index (χ0v) is 14.6. The molecular weight excluding hydrogens is 330 g/mol. The summed E-state index contributed by atoms with van der Waals surface area (Å²) in [6, 6.07) is 5.31. The molecule has 0 aliphatic rings. The van der Waals surface area contributed by atoms with Gasteiger partial charge in [-0.2, -0.15) is 4.99 Å². The Morgan fingerprint density at radius 2 is 2.04 bits per heavy atom. The summed E-state index contributed by atoms with van der Waals surface area (Å²) < 4.78 is 7.46. The third kappa shape index (κ3) is 4.29. The second-order valence-corrected chi connectivity index (χ2v) is 6.01. The molecule has 1 heterocycles. The van der Waals surface area contributed by atoms with Crippen LogP contribution in [-0.2, 0) is 25.7 Å². The van der Waals surface area contributed by atoms with E-state index in [0.717, 1.165) is 10.2 Å². The molecule has 0 bridgehead atoms. The molecule has 0 aliphatic carbocycles. The highest BCUT2D eigenvalue weighted by Gasteiger charge is 2.12. The van der Waals surface area contributed by atoms with Crippen LogP contribution < -0.4 is 10.1 Å². The van der Waals surface area contributed by atoms with Crippen LogP contribution in [0.25, 0.3) is 10.2 Å². The Morgan fingerprint density at radius 3 is 2.67 bits per heavy atom. The number of esters is 1. The fraction of sp³-hybridized carbons (Fsp3) is 0.375. The highest BCUT2D eigenvalue weighted by Crippen LogP contribution is 2.22. The summed E-state index contributed by atoms with van der Waals surface area (Å²) in [7, 11) is 0. The molecule has 1 aromatic carbocycles. The van der Waals surface area contributed by atoms with Gasteiger partial charge in [0.25, 0.3) is 0 Å². The quantitative estimate of drug-likeness (QED) is 0.837. The zero-order chi connectivity index (χ0) is 17.7. The minimum atomic E-state index is -0.395. The number of rotatable bonds is 5. The Balaban J connectivity index is 2.55. The molecule has 0 saturated carbocycles. The van der Waals surface area contributed by atoms with Gasteiger partial charge < -0.3 is 14.6 Å². The van der Waals surface area contributed by atoms with Crippen molar-refractivity contribution in [2.75, 3.05) is 11.9 Å². The molecule has 0 spiro atoms. The van der Waals surface area contributed by atoms with Crippen molar-refractivity contribution in [3.8, 4) is 0 Å². The maximum Gasteiger partial charge on any atom is 0.326 e. The molecule has 0 saturated heterocycles. The molecule has 24 heavy (non-hydrogen) atoms. The van der Waals surface area contributed by atoms with E-state index < -0.39 is 5.97 Å². The normalized spacial score (nSPS) is 11.5. The second kappa shape index (κ2) is 7.87. The van der Waals surface area contributed by atoms with Crippen molar-refractivity contribution in [1.29, 1.82) is 0 Å². The molecule has 128 valence electrons. The van der Waals surface area contributed by atoms with Gasteiger partial charge in [-0.25, -0.2) is 0 Å². The number of amides is 2. The minimum absolute atomic E-state index is 0.0247. The number of hydrogen-bond acceptors (Lipinski definition) is 5. The summed E-state index contributed by atoms with van der Waals surface area (Å²) >= 11 is 1.29. The Kier molecular flexibility index (Phi) is 5.86. The smallest absolute Gasteiger partial charge is 0.326 e. The lowest BCUT2D eigenvalue weighted by Crippen LogP contribution is -2.23. The van der Waals surface area contributed by atoms with Crippen LogP contribution in [0.5, 0.6) is 0 Å². The van der Waals surface area contributed by atoms with Gasteiger partial charge in [0.2, 0.25) is 11.8 Å². The van der Waals surface area contributed by atoms with E-state index in [-0.39, 0.29) is 31.4 Å². The first-order valence-corrected chi connectivity index (χ1v) is 8.40. The van der Waals surface area contributed by atoms with Crippen LogP contribution in [0, 0.1) is 0 Å². The fourth-order valence-corrected chi connectivity index (χ4v) is 3.20. The first-order chi connectivity index (χ1) is 11.4. The monoisotopic (exact) mass is 349 g/mol. The second-order valence-electron chi connectivity index (χ2n) is 5.00. The van der Waals surface area contributed by atoms with Gasteiger partial charge in [-0.1, -0.05) is 18.3 Å². The van der Waals surface area contributed by atoms with E-state index in [4.69, 9.17) is 4.74 Å². The molecule has 1 N–H and O–H groups in total. The van der Waals surface area contributed by atoms with Gasteiger partial charge in [-0.15, -0.1) is 0 Å². The number of nitrogens with zero attached hydrogens (tertiary/aromatic N) is 2. The average molecular weight is 349 g/mol. The Morgan fingerprint density at radius 1 is 1.29 bits per heavy atom. The van der Waals surface area contributed by atoms with Crippen LogP contribution >= 0.6 is 11.3 Å². The molecule has 0 fully saturated rings. The molecular formula is C16H19N3O4S. The summed E-state index contributed by atoms with van der Waals surface area (Å²) in [5, 5.41) is 2.71. The van der Waals surface area contributed by atoms with Gasteiger partial charge >= 0.3 is 5.97 Å². The van der Waals surface area contributed by atoms with Crippen molar-refractivity contribution >= 4 is 45.0 Å². The first kappa shape index (κ1) is 17.9. The SMILES string of the molecule is CCOC(=O)Cn1c(=NC(=O)CC)sc2cc(NC(C)=O)ccc21. The van der Waals surface area contributed by atoms with Crippen LogP contribution in [-0.4, -0.2) is 29.0 Å². The molecule has 0 atom stereocenters. The number of carbonyl (C=O) groups is 3. The summed E-state index contributed by atoms with van der Waals surface area (Å²) in [6.07, 6.45) is 0.283. The predicted octanol–water partition coefficient (Wildman–Crippen LogP) is 2.06. The summed E-state index contributed by atoms with van der Waals surface area (Å²) in [5.74, 6) is -0.828. The van der Waals surface area contributed by atoms with E-state index in [1.54, 1.807) is 36.6 Å². The van der Waals surface area contributed by atoms with Crippen LogP contribution in [0.3, 0.4) is 0 Å². The lowest BCUT2D eigenvalue weighted by atomic mass is 10.3. The van der Waals surface area contributed by atoms with Crippen LogP contribution in [0.1, 0.15) is 27.2 Å². The van der Waals surface area contributed by atoms with Crippen molar-refractivity contribution in [3.05, 3.63) is 23.0 Å². The van der Waals surface area contributed by atoms with E-state index in [1.807, 2.05) is 0 Å². The third-order valence-electron chi connectivity index (χ3n) is 3.12. The molecule has 7 nitrogen and oxygen atoms in total. The summed E-state index contributed by atoms with van der Waals surface area (Å²) in [5.41, 5.74) is 1.40. The predicted molar refractivity (Wildman–Crippen MR) is 91.6 cm³/mol. The van der Waals surface area contributed by atoms with E-state index in [9.17, 15) is 14.4 Å². The molecule has 0 aliphatic heterocycles. The third-order valence-corrected chi connectivity index (χ3v) is 4.16. The molecule has 0 radical (unpaired) electrons. The minimum Gasteiger partial charge on any atom is -0.465 e. The Bertz CT molecular complexity index is 851. The number of benzene rings is 1. The Hall–Kier alpha value is -2.48. The zero-order valence-electron chi connectivity index (χ0n) is 13.8. The van der Waals surface area contributed by atoms with Gasteiger partial charge in [0.05, 0.1) is 16.8 Å². The van der Waals surface area contributed by atoms with E-state index >= 15 is 0 Å². The topological polar surface area (TPSA) is 89.8 Å². The van der Waals surface area contributed by atoms with Crippen molar-refractivity contribution in [1.82, 2.24) is 4.57 Å². The number of ether oxygens (including phenoxy) is 1. The maximum atomic E-state index is 11.9. The lowest BCUT2D eigenvalue weighted by Gasteiger charge is -2.06. The maximum absolute atomic E-state index is 11.9. The highest BCUT2D eigenvalue weighted by molar-refractivity contribution is 7.16. The Labute approximate surface area is 143 Å². The van der Waals surface area contributed by atoms with Crippen LogP contribution in [0.15, 0.2) is 23.2 Å². The number of nitrogens with one attached hydrogen (secondary N) is 1. The molecule has 0 unspecified atom stereocenters. The van der Waals surface area contributed by atoms with E-state index in [0.29, 0.717) is 10.5 Å². The highest BCUT2D eigenvalue weighted by atomic mass is 32.1. The van der Waals surface area contributed by atoms with Crippen LogP contribution in [0.4, 0.5) is 5.69 Å². The molecule has 2 rings (SSSR count). The van der Waals surface area contributed by atoms with Gasteiger partial charge in [0.15, 0.2) is 4.80 Å². The first-order valence-electron chi connectivity index (χ1n) is 7.58. The molecule has 1 aromatic heterocycles. The van der Waals surface area contributed by atoms with E-state index in [2.05, 4.69) is 10.3 Å². The van der Waals surface area contributed by atoms with Gasteiger partial charge in [0.1, 0.15) is 6.54 Å². The van der Waals surface area contributed by atoms with Gasteiger partial charge in [-0.3, -0.25) is 14.4 Å². The number of hydrogen-bond donors (Lipinski definition) is 1. The van der Waals surface area contributed by atoms with Crippen molar-refractivity contribution < 1.29 is 19.1 Å². The summed E-state index contributed by atoms with van der Waals surface area (Å²) in [4.78, 5) is 39.2. The summed E-state index contributed by atoms with van der Waals surface area (Å²) in [6.45, 7) is 5.15. The molecule has 8 heteroatoms. The van der Waals surface area contributed by atoms with Crippen molar-refractivity contribution in [3.63, 3.8) is 0 Å². The van der Waals surface area contributed by atoms with Crippen molar-refractivity contribution in [2.45, 2.75) is 33.7 Å². The lowest BCUT2D eigenvalue weighted by molar-refractivity contribution is -0.143. The number of anilines is 1. The standard InChI is InChI=1S/C16H19N3O4S/c1-4-14(21)18-16-19(9-15(22)23-5-2)12-7-6-11(17-10(3)20)8-13(12)24-16/h6-8H,4-5,9H2,1-3H3,(H,17,20). The molecule has 2 amide bonds. The average Bonchev–Trinajstić information content (AvgIpc) is 2.83. The van der Waals surface area contributed by atoms with Gasteiger partial charge in [0, 0.05) is 19.0 Å². The van der Waals surface area contributed by atoms with Gasteiger partial charge in [-0.05, 0) is 25.1 Å². The van der Waals surface area contributed by atoms with Crippen LogP contribution in [0.2, 0.25) is 0 Å². The number of fused-ring (bicyclic) bond motifs is 1. The number of thiazole rings is 1.